The first-order valence-corrected chi connectivity index (χ1v) is 6.50. The molecule has 0 spiro atoms. The summed E-state index contributed by atoms with van der Waals surface area (Å²) < 4.78 is 38.9. The van der Waals surface area contributed by atoms with Crippen molar-refractivity contribution >= 4 is 15.7 Å². The Morgan fingerprint density at radius 3 is 2.67 bits per heavy atom. The molecule has 3 N–H and O–H groups in total. The molecule has 18 heavy (non-hydrogen) atoms. The van der Waals surface area contributed by atoms with Crippen LogP contribution < -0.4 is 10.5 Å². The SMILES string of the molecule is NCCCNS(=O)(=O)c1cc([N+](=O)[O-])ccc1F. The Balaban J connectivity index is 3.07. The maximum Gasteiger partial charge on any atom is 0.270 e. The number of nitrogens with zero attached hydrogens (tertiary/aromatic N) is 1. The van der Waals surface area contributed by atoms with E-state index in [1.54, 1.807) is 0 Å². The van der Waals surface area contributed by atoms with Crippen LogP contribution in [0.15, 0.2) is 23.1 Å². The van der Waals surface area contributed by atoms with Crippen LogP contribution in [0.1, 0.15) is 6.42 Å². The molecule has 0 aliphatic carbocycles. The Kier molecular flexibility index (Phi) is 4.70. The second kappa shape index (κ2) is 5.85. The third-order valence-corrected chi connectivity index (χ3v) is 3.56. The molecule has 0 radical (unpaired) electrons. The topological polar surface area (TPSA) is 115 Å². The number of nitrogens with two attached hydrogens (primary N) is 1. The minimum atomic E-state index is -4.10. The van der Waals surface area contributed by atoms with Crippen molar-refractivity contribution in [3.63, 3.8) is 0 Å². The summed E-state index contributed by atoms with van der Waals surface area (Å²) >= 11 is 0. The number of sulfonamides is 1. The molecule has 0 aromatic heterocycles. The van der Waals surface area contributed by atoms with Crippen LogP contribution in [0.5, 0.6) is 0 Å². The van der Waals surface area contributed by atoms with Crippen LogP contribution in [-0.2, 0) is 10.0 Å². The second-order valence-electron chi connectivity index (χ2n) is 3.41. The van der Waals surface area contributed by atoms with Gasteiger partial charge in [-0.25, -0.2) is 17.5 Å². The zero-order valence-electron chi connectivity index (χ0n) is 9.30. The van der Waals surface area contributed by atoms with Gasteiger partial charge in [0.25, 0.3) is 5.69 Å². The van der Waals surface area contributed by atoms with E-state index in [0.717, 1.165) is 12.1 Å². The van der Waals surface area contributed by atoms with E-state index in [1.165, 1.54) is 0 Å². The molecule has 1 rings (SSSR count). The lowest BCUT2D eigenvalue weighted by atomic mass is 10.3. The van der Waals surface area contributed by atoms with Crippen molar-refractivity contribution in [2.45, 2.75) is 11.3 Å². The standard InChI is InChI=1S/C9H12FN3O4S/c10-8-3-2-7(13(14)15)6-9(8)18(16,17)12-5-1-4-11/h2-3,6,12H,1,4-5,11H2. The minimum absolute atomic E-state index is 0.0426. The molecule has 0 heterocycles. The molecule has 1 aromatic carbocycles. The highest BCUT2D eigenvalue weighted by Gasteiger charge is 2.21. The normalized spacial score (nSPS) is 11.4. The van der Waals surface area contributed by atoms with Crippen LogP contribution in [0.25, 0.3) is 0 Å². The highest BCUT2D eigenvalue weighted by Crippen LogP contribution is 2.20. The molecule has 0 fully saturated rings. The fourth-order valence-electron chi connectivity index (χ4n) is 1.20. The maximum atomic E-state index is 13.4. The van der Waals surface area contributed by atoms with Gasteiger partial charge in [-0.15, -0.1) is 0 Å². The molecule has 1 aromatic rings. The third-order valence-electron chi connectivity index (χ3n) is 2.09. The number of non-ortho nitro benzene ring substituents is 1. The molecule has 0 aliphatic rings. The van der Waals surface area contributed by atoms with Gasteiger partial charge < -0.3 is 5.73 Å². The van der Waals surface area contributed by atoms with Gasteiger partial charge in [0.2, 0.25) is 10.0 Å². The van der Waals surface area contributed by atoms with Crippen LogP contribution >= 0.6 is 0 Å². The van der Waals surface area contributed by atoms with Crippen molar-refractivity contribution in [1.29, 1.82) is 0 Å². The smallest absolute Gasteiger partial charge is 0.270 e. The Labute approximate surface area is 103 Å². The summed E-state index contributed by atoms with van der Waals surface area (Å²) in [7, 11) is -4.10. The molecule has 9 heteroatoms. The van der Waals surface area contributed by atoms with Crippen molar-refractivity contribution in [1.82, 2.24) is 4.72 Å². The van der Waals surface area contributed by atoms with E-state index in [1.807, 2.05) is 0 Å². The first kappa shape index (κ1) is 14.5. The number of nitro groups is 1. The number of nitro benzene ring substituents is 1. The summed E-state index contributed by atoms with van der Waals surface area (Å²) in [6, 6.07) is 2.32. The minimum Gasteiger partial charge on any atom is -0.330 e. The summed E-state index contributed by atoms with van der Waals surface area (Å²) in [6.07, 6.45) is 0.385. The number of halogens is 1. The zero-order valence-corrected chi connectivity index (χ0v) is 10.1. The summed E-state index contributed by atoms with van der Waals surface area (Å²) in [5.41, 5.74) is 4.70. The Morgan fingerprint density at radius 2 is 2.11 bits per heavy atom. The van der Waals surface area contributed by atoms with E-state index < -0.39 is 31.3 Å². The quantitative estimate of drug-likeness (QED) is 0.442. The highest BCUT2D eigenvalue weighted by atomic mass is 32.2. The summed E-state index contributed by atoms with van der Waals surface area (Å²) in [6.45, 7) is 0.320. The number of rotatable bonds is 6. The van der Waals surface area contributed by atoms with Crippen LogP contribution in [0, 0.1) is 15.9 Å². The first-order valence-electron chi connectivity index (χ1n) is 5.02. The van der Waals surface area contributed by atoms with Gasteiger partial charge >= 0.3 is 0 Å². The highest BCUT2D eigenvalue weighted by molar-refractivity contribution is 7.89. The van der Waals surface area contributed by atoms with Gasteiger partial charge in [-0.1, -0.05) is 0 Å². The molecule has 0 saturated heterocycles. The summed E-state index contributed by atoms with van der Waals surface area (Å²) in [4.78, 5) is 8.97. The predicted molar refractivity (Wildman–Crippen MR) is 61.9 cm³/mol. The second-order valence-corrected chi connectivity index (χ2v) is 5.15. The van der Waals surface area contributed by atoms with Crippen LogP contribution in [0.4, 0.5) is 10.1 Å². The zero-order chi connectivity index (χ0) is 13.8. The van der Waals surface area contributed by atoms with Crippen molar-refractivity contribution in [3.05, 3.63) is 34.1 Å². The fourth-order valence-corrected chi connectivity index (χ4v) is 2.37. The molecule has 0 amide bonds. The van der Waals surface area contributed by atoms with E-state index in [4.69, 9.17) is 5.73 Å². The van der Waals surface area contributed by atoms with E-state index in [0.29, 0.717) is 12.5 Å². The molecule has 0 aliphatic heterocycles. The average Bonchev–Trinajstić information content (AvgIpc) is 2.29. The van der Waals surface area contributed by atoms with Gasteiger partial charge in [-0.3, -0.25) is 10.1 Å². The van der Waals surface area contributed by atoms with Gasteiger partial charge in [0.1, 0.15) is 10.7 Å². The van der Waals surface area contributed by atoms with Crippen LogP contribution in [-0.4, -0.2) is 26.4 Å². The molecular formula is C9H12FN3O4S. The maximum absolute atomic E-state index is 13.4. The Morgan fingerprint density at radius 1 is 1.44 bits per heavy atom. The molecule has 100 valence electrons. The average molecular weight is 277 g/mol. The summed E-state index contributed by atoms with van der Waals surface area (Å²) in [5.74, 6) is -1.04. The summed E-state index contributed by atoms with van der Waals surface area (Å²) in [5, 5.41) is 10.5. The van der Waals surface area contributed by atoms with E-state index >= 15 is 0 Å². The van der Waals surface area contributed by atoms with Gasteiger partial charge in [-0.05, 0) is 19.0 Å². The lowest BCUT2D eigenvalue weighted by Crippen LogP contribution is -2.27. The monoisotopic (exact) mass is 277 g/mol. The number of hydrogen-bond acceptors (Lipinski definition) is 5. The molecule has 0 unspecified atom stereocenters. The largest absolute Gasteiger partial charge is 0.330 e. The van der Waals surface area contributed by atoms with Crippen molar-refractivity contribution in [3.8, 4) is 0 Å². The van der Waals surface area contributed by atoms with Crippen molar-refractivity contribution < 1.29 is 17.7 Å². The van der Waals surface area contributed by atoms with Gasteiger partial charge in [0.05, 0.1) is 4.92 Å². The van der Waals surface area contributed by atoms with Gasteiger partial charge in [0, 0.05) is 18.7 Å². The first-order chi connectivity index (χ1) is 8.38. The number of hydrogen-bond donors (Lipinski definition) is 2. The third kappa shape index (κ3) is 3.45. The van der Waals surface area contributed by atoms with E-state index in [9.17, 15) is 22.9 Å². The van der Waals surface area contributed by atoms with Crippen LogP contribution in [0.3, 0.4) is 0 Å². The lowest BCUT2D eigenvalue weighted by Gasteiger charge is -2.06. The fraction of sp³-hybridized carbons (Fsp3) is 0.333. The molecular weight excluding hydrogens is 265 g/mol. The number of nitrogens with one attached hydrogen (secondary N) is 1. The van der Waals surface area contributed by atoms with Crippen molar-refractivity contribution in [2.24, 2.45) is 5.73 Å². The van der Waals surface area contributed by atoms with E-state index in [-0.39, 0.29) is 13.1 Å². The lowest BCUT2D eigenvalue weighted by molar-refractivity contribution is -0.385. The van der Waals surface area contributed by atoms with Crippen LogP contribution in [0.2, 0.25) is 0 Å². The van der Waals surface area contributed by atoms with Gasteiger partial charge in [0.15, 0.2) is 0 Å². The number of benzene rings is 1. The molecule has 0 bridgehead atoms. The Hall–Kier alpha value is -1.58. The molecule has 0 saturated carbocycles. The Bertz CT molecular complexity index is 547. The predicted octanol–water partition coefficient (Wildman–Crippen LogP) is 0.361. The molecule has 0 atom stereocenters. The molecule has 7 nitrogen and oxygen atoms in total. The van der Waals surface area contributed by atoms with Gasteiger partial charge in [-0.2, -0.15) is 0 Å². The van der Waals surface area contributed by atoms with E-state index in [2.05, 4.69) is 4.72 Å². The van der Waals surface area contributed by atoms with Crippen molar-refractivity contribution in [2.75, 3.05) is 13.1 Å².